The predicted molar refractivity (Wildman–Crippen MR) is 68.4 cm³/mol. The lowest BCUT2D eigenvalue weighted by atomic mass is 10.1. The average Bonchev–Trinajstić information content (AvgIpc) is 2.31. The number of hydrogen-bond acceptors (Lipinski definition) is 3. The van der Waals surface area contributed by atoms with Crippen LogP contribution in [-0.4, -0.2) is 26.4 Å². The first kappa shape index (κ1) is 13.6. The lowest BCUT2D eigenvalue weighted by Crippen LogP contribution is -2.18. The molecular formula is C12H18BrNO2. The van der Waals surface area contributed by atoms with Crippen molar-refractivity contribution in [3.8, 4) is 0 Å². The maximum Gasteiger partial charge on any atom is 0.0948 e. The molecule has 0 aliphatic rings. The molecule has 1 unspecified atom stereocenters. The molecule has 0 fully saturated rings. The van der Waals surface area contributed by atoms with E-state index < -0.39 is 0 Å². The largest absolute Gasteiger partial charge is 0.379 e. The molecule has 0 aromatic heterocycles. The van der Waals surface area contributed by atoms with E-state index in [9.17, 15) is 0 Å². The van der Waals surface area contributed by atoms with Crippen LogP contribution in [0.4, 0.5) is 0 Å². The summed E-state index contributed by atoms with van der Waals surface area (Å²) in [6.45, 7) is 4.35. The summed E-state index contributed by atoms with van der Waals surface area (Å²) in [7, 11) is 0. The molecule has 0 bridgehead atoms. The molecular weight excluding hydrogens is 270 g/mol. The van der Waals surface area contributed by atoms with Gasteiger partial charge < -0.3 is 15.2 Å². The topological polar surface area (TPSA) is 44.5 Å². The molecule has 0 saturated carbocycles. The van der Waals surface area contributed by atoms with Crippen molar-refractivity contribution in [2.45, 2.75) is 13.0 Å². The fourth-order valence-electron chi connectivity index (χ4n) is 1.37. The number of hydrogen-bond donors (Lipinski definition) is 1. The van der Waals surface area contributed by atoms with Crippen molar-refractivity contribution in [3.63, 3.8) is 0 Å². The van der Waals surface area contributed by atoms with E-state index in [1.54, 1.807) is 0 Å². The molecule has 0 saturated heterocycles. The molecule has 2 N–H and O–H groups in total. The van der Waals surface area contributed by atoms with Crippen molar-refractivity contribution in [1.29, 1.82) is 0 Å². The Morgan fingerprint density at radius 2 is 1.94 bits per heavy atom. The van der Waals surface area contributed by atoms with Gasteiger partial charge in [0, 0.05) is 17.6 Å². The smallest absolute Gasteiger partial charge is 0.0948 e. The summed E-state index contributed by atoms with van der Waals surface area (Å²) in [5.41, 5.74) is 6.78. The summed E-state index contributed by atoms with van der Waals surface area (Å²) in [4.78, 5) is 0. The highest BCUT2D eigenvalue weighted by Gasteiger charge is 2.09. The molecule has 0 aliphatic heterocycles. The molecule has 1 aromatic carbocycles. The van der Waals surface area contributed by atoms with Crippen LogP contribution in [0.3, 0.4) is 0 Å². The second-order valence-corrected chi connectivity index (χ2v) is 4.26. The second kappa shape index (κ2) is 7.79. The van der Waals surface area contributed by atoms with Crippen LogP contribution in [0.2, 0.25) is 0 Å². The van der Waals surface area contributed by atoms with Gasteiger partial charge in [-0.05, 0) is 24.6 Å². The molecule has 4 heteroatoms. The van der Waals surface area contributed by atoms with Crippen LogP contribution in [-0.2, 0) is 9.47 Å². The van der Waals surface area contributed by atoms with Crippen molar-refractivity contribution in [2.24, 2.45) is 5.73 Å². The summed E-state index contributed by atoms with van der Waals surface area (Å²) in [6, 6.07) is 8.01. The maximum atomic E-state index is 5.68. The minimum absolute atomic E-state index is 0.0476. The fraction of sp³-hybridized carbons (Fsp3) is 0.500. The van der Waals surface area contributed by atoms with Gasteiger partial charge in [-0.2, -0.15) is 0 Å². The van der Waals surface area contributed by atoms with Gasteiger partial charge in [0.1, 0.15) is 0 Å². The molecule has 90 valence electrons. The third kappa shape index (κ3) is 4.61. The van der Waals surface area contributed by atoms with Gasteiger partial charge in [-0.25, -0.2) is 0 Å². The van der Waals surface area contributed by atoms with Crippen molar-refractivity contribution in [1.82, 2.24) is 0 Å². The molecule has 0 radical (unpaired) electrons. The van der Waals surface area contributed by atoms with Gasteiger partial charge in [0.2, 0.25) is 0 Å². The standard InChI is InChI=1S/C12H18BrNO2/c1-2-15-7-8-16-12(9-14)10-3-5-11(13)6-4-10/h3-6,12H,2,7-9,14H2,1H3. The molecule has 0 heterocycles. The first-order valence-electron chi connectivity index (χ1n) is 5.42. The van der Waals surface area contributed by atoms with Gasteiger partial charge in [0.25, 0.3) is 0 Å². The zero-order valence-electron chi connectivity index (χ0n) is 9.49. The lowest BCUT2D eigenvalue weighted by Gasteiger charge is -2.16. The zero-order chi connectivity index (χ0) is 11.8. The van der Waals surface area contributed by atoms with E-state index in [2.05, 4.69) is 15.9 Å². The summed E-state index contributed by atoms with van der Waals surface area (Å²) >= 11 is 3.40. The molecule has 16 heavy (non-hydrogen) atoms. The van der Waals surface area contributed by atoms with Crippen molar-refractivity contribution < 1.29 is 9.47 Å². The average molecular weight is 288 g/mol. The van der Waals surface area contributed by atoms with Crippen LogP contribution < -0.4 is 5.73 Å². The molecule has 1 atom stereocenters. The molecule has 1 rings (SSSR count). The van der Waals surface area contributed by atoms with Gasteiger partial charge >= 0.3 is 0 Å². The van der Waals surface area contributed by atoms with Crippen LogP contribution in [0, 0.1) is 0 Å². The van der Waals surface area contributed by atoms with Gasteiger partial charge in [0.15, 0.2) is 0 Å². The third-order valence-corrected chi connectivity index (χ3v) is 2.74. The number of nitrogens with two attached hydrogens (primary N) is 1. The molecule has 0 amide bonds. The summed E-state index contributed by atoms with van der Waals surface area (Å²) < 4.78 is 11.9. The summed E-state index contributed by atoms with van der Waals surface area (Å²) in [5, 5.41) is 0. The Hall–Kier alpha value is -0.420. The van der Waals surface area contributed by atoms with E-state index in [0.29, 0.717) is 19.8 Å². The highest BCUT2D eigenvalue weighted by molar-refractivity contribution is 9.10. The van der Waals surface area contributed by atoms with E-state index in [1.165, 1.54) is 0 Å². The number of benzene rings is 1. The zero-order valence-corrected chi connectivity index (χ0v) is 11.1. The minimum atomic E-state index is -0.0476. The Morgan fingerprint density at radius 3 is 2.50 bits per heavy atom. The van der Waals surface area contributed by atoms with E-state index in [4.69, 9.17) is 15.2 Å². The Kier molecular flexibility index (Phi) is 6.64. The van der Waals surface area contributed by atoms with Crippen LogP contribution in [0.25, 0.3) is 0 Å². The normalized spacial score (nSPS) is 12.7. The van der Waals surface area contributed by atoms with E-state index in [0.717, 1.165) is 16.6 Å². The van der Waals surface area contributed by atoms with Crippen LogP contribution >= 0.6 is 15.9 Å². The summed E-state index contributed by atoms with van der Waals surface area (Å²) in [5.74, 6) is 0. The Bertz CT molecular complexity index is 290. The molecule has 3 nitrogen and oxygen atoms in total. The third-order valence-electron chi connectivity index (χ3n) is 2.21. The Labute approximate surface area is 105 Å². The van der Waals surface area contributed by atoms with Crippen LogP contribution in [0.15, 0.2) is 28.7 Å². The summed E-state index contributed by atoms with van der Waals surface area (Å²) in [6.07, 6.45) is -0.0476. The van der Waals surface area contributed by atoms with Crippen LogP contribution in [0.1, 0.15) is 18.6 Å². The molecule has 0 aliphatic carbocycles. The Morgan fingerprint density at radius 1 is 1.25 bits per heavy atom. The highest BCUT2D eigenvalue weighted by atomic mass is 79.9. The number of ether oxygens (including phenoxy) is 2. The monoisotopic (exact) mass is 287 g/mol. The van der Waals surface area contributed by atoms with Crippen LogP contribution in [0.5, 0.6) is 0 Å². The Balaban J connectivity index is 2.44. The number of rotatable bonds is 7. The fourth-order valence-corrected chi connectivity index (χ4v) is 1.64. The number of halogens is 1. The van der Waals surface area contributed by atoms with Crippen molar-refractivity contribution >= 4 is 15.9 Å². The SMILES string of the molecule is CCOCCOC(CN)c1ccc(Br)cc1. The molecule has 0 spiro atoms. The van der Waals surface area contributed by atoms with E-state index in [1.807, 2.05) is 31.2 Å². The second-order valence-electron chi connectivity index (χ2n) is 3.34. The quantitative estimate of drug-likeness (QED) is 0.784. The van der Waals surface area contributed by atoms with Crippen molar-refractivity contribution in [3.05, 3.63) is 34.3 Å². The lowest BCUT2D eigenvalue weighted by molar-refractivity contribution is 0.0104. The van der Waals surface area contributed by atoms with Gasteiger partial charge in [-0.1, -0.05) is 28.1 Å². The first-order valence-corrected chi connectivity index (χ1v) is 6.22. The molecule has 1 aromatic rings. The van der Waals surface area contributed by atoms with Gasteiger partial charge in [-0.15, -0.1) is 0 Å². The maximum absolute atomic E-state index is 5.68. The highest BCUT2D eigenvalue weighted by Crippen LogP contribution is 2.18. The van der Waals surface area contributed by atoms with Crippen molar-refractivity contribution in [2.75, 3.05) is 26.4 Å². The van der Waals surface area contributed by atoms with E-state index in [-0.39, 0.29) is 6.10 Å². The minimum Gasteiger partial charge on any atom is -0.379 e. The van der Waals surface area contributed by atoms with Gasteiger partial charge in [0.05, 0.1) is 19.3 Å². The van der Waals surface area contributed by atoms with Gasteiger partial charge in [-0.3, -0.25) is 0 Å². The predicted octanol–water partition coefficient (Wildman–Crippen LogP) is 2.50. The van der Waals surface area contributed by atoms with E-state index >= 15 is 0 Å². The first-order chi connectivity index (χ1) is 7.77.